The smallest absolute Gasteiger partial charge is 0.323 e. The summed E-state index contributed by atoms with van der Waals surface area (Å²) in [4.78, 5) is 22.4. The number of nitrogens with two attached hydrogens (primary N) is 1. The van der Waals surface area contributed by atoms with Gasteiger partial charge in [0.2, 0.25) is 0 Å². The Morgan fingerprint density at radius 1 is 0.905 bits per heavy atom. The molecule has 0 spiro atoms. The van der Waals surface area contributed by atoms with Crippen LogP contribution in [-0.4, -0.2) is 17.1 Å². The van der Waals surface area contributed by atoms with Gasteiger partial charge in [-0.1, -0.05) is 12.1 Å². The zero-order chi connectivity index (χ0) is 15.2. The molecule has 0 heterocycles. The van der Waals surface area contributed by atoms with E-state index in [-0.39, 0.29) is 12.5 Å². The van der Waals surface area contributed by atoms with Gasteiger partial charge in [0, 0.05) is 17.1 Å². The predicted octanol–water partition coefficient (Wildman–Crippen LogP) is 2.54. The molecule has 21 heavy (non-hydrogen) atoms. The lowest BCUT2D eigenvalue weighted by atomic mass is 10.1. The van der Waals surface area contributed by atoms with Crippen LogP contribution in [0.25, 0.3) is 0 Å². The van der Waals surface area contributed by atoms with Gasteiger partial charge >= 0.3 is 12.0 Å². The summed E-state index contributed by atoms with van der Waals surface area (Å²) in [5, 5.41) is 14.0. The molecule has 2 aromatic rings. The number of carbonyl (C=O) groups is 2. The topological polar surface area (TPSA) is 104 Å². The van der Waals surface area contributed by atoms with Crippen LogP contribution in [0.4, 0.5) is 21.9 Å². The minimum atomic E-state index is -0.892. The highest BCUT2D eigenvalue weighted by Crippen LogP contribution is 2.13. The van der Waals surface area contributed by atoms with Crippen molar-refractivity contribution in [1.29, 1.82) is 0 Å². The number of carboxylic acid groups (broad SMARTS) is 1. The van der Waals surface area contributed by atoms with E-state index < -0.39 is 5.97 Å². The first-order valence-electron chi connectivity index (χ1n) is 6.27. The summed E-state index contributed by atoms with van der Waals surface area (Å²) in [6.45, 7) is 0. The van der Waals surface area contributed by atoms with Crippen LogP contribution >= 0.6 is 0 Å². The van der Waals surface area contributed by atoms with Crippen molar-refractivity contribution in [1.82, 2.24) is 0 Å². The first kappa shape index (κ1) is 14.4. The minimum Gasteiger partial charge on any atom is -0.481 e. The maximum atomic E-state index is 11.8. The van der Waals surface area contributed by atoms with Gasteiger partial charge in [-0.15, -0.1) is 0 Å². The molecule has 2 amide bonds. The number of urea groups is 1. The fourth-order valence-corrected chi connectivity index (χ4v) is 1.74. The SMILES string of the molecule is Nc1ccc(NC(=O)Nc2ccc(CC(=O)O)cc2)cc1. The molecule has 0 radical (unpaired) electrons. The molecule has 0 aliphatic carbocycles. The normalized spacial score (nSPS) is 9.90. The molecule has 0 atom stereocenters. The van der Waals surface area contributed by atoms with Gasteiger partial charge in [0.25, 0.3) is 0 Å². The number of amides is 2. The molecule has 6 heteroatoms. The minimum absolute atomic E-state index is 0.0437. The van der Waals surface area contributed by atoms with E-state index in [4.69, 9.17) is 10.8 Å². The third kappa shape index (κ3) is 4.54. The molecule has 2 aromatic carbocycles. The zero-order valence-electron chi connectivity index (χ0n) is 11.2. The van der Waals surface area contributed by atoms with Crippen LogP contribution in [0.5, 0.6) is 0 Å². The largest absolute Gasteiger partial charge is 0.481 e. The standard InChI is InChI=1S/C15H15N3O3/c16-11-3-7-13(8-4-11)18-15(21)17-12-5-1-10(2-6-12)9-14(19)20/h1-8H,9,16H2,(H,19,20)(H2,17,18,21). The molecular formula is C15H15N3O3. The predicted molar refractivity (Wildman–Crippen MR) is 81.3 cm³/mol. The van der Waals surface area contributed by atoms with Crippen molar-refractivity contribution in [3.8, 4) is 0 Å². The van der Waals surface area contributed by atoms with Crippen LogP contribution < -0.4 is 16.4 Å². The van der Waals surface area contributed by atoms with Gasteiger partial charge in [-0.25, -0.2) is 4.79 Å². The van der Waals surface area contributed by atoms with Crippen LogP contribution in [0.3, 0.4) is 0 Å². The van der Waals surface area contributed by atoms with Gasteiger partial charge in [0.1, 0.15) is 0 Å². The molecule has 6 nitrogen and oxygen atoms in total. The molecule has 0 aliphatic heterocycles. The highest BCUT2D eigenvalue weighted by atomic mass is 16.4. The first-order chi connectivity index (χ1) is 10.0. The second-order valence-electron chi connectivity index (χ2n) is 4.47. The number of carbonyl (C=O) groups excluding carboxylic acids is 1. The molecule has 0 fully saturated rings. The molecule has 5 N–H and O–H groups in total. The maximum absolute atomic E-state index is 11.8. The van der Waals surface area contributed by atoms with Crippen molar-refractivity contribution in [3.05, 3.63) is 54.1 Å². The molecule has 0 saturated heterocycles. The summed E-state index contributed by atoms with van der Waals surface area (Å²) in [5.41, 5.74) is 8.06. The van der Waals surface area contributed by atoms with E-state index in [1.807, 2.05) is 0 Å². The average molecular weight is 285 g/mol. The van der Waals surface area contributed by atoms with Crippen molar-refractivity contribution in [2.24, 2.45) is 0 Å². The van der Waals surface area contributed by atoms with Gasteiger partial charge < -0.3 is 21.5 Å². The van der Waals surface area contributed by atoms with E-state index in [9.17, 15) is 9.59 Å². The summed E-state index contributed by atoms with van der Waals surface area (Å²) < 4.78 is 0. The number of hydrogen-bond donors (Lipinski definition) is 4. The average Bonchev–Trinajstić information content (AvgIpc) is 2.43. The van der Waals surface area contributed by atoms with Crippen molar-refractivity contribution in [3.63, 3.8) is 0 Å². The van der Waals surface area contributed by atoms with Crippen molar-refractivity contribution in [2.75, 3.05) is 16.4 Å². The number of hydrogen-bond acceptors (Lipinski definition) is 3. The summed E-state index contributed by atoms with van der Waals surface area (Å²) in [5.74, 6) is -0.892. The Kier molecular flexibility index (Phi) is 4.40. The van der Waals surface area contributed by atoms with Gasteiger partial charge in [0.15, 0.2) is 0 Å². The third-order valence-electron chi connectivity index (χ3n) is 2.74. The molecule has 0 unspecified atom stereocenters. The lowest BCUT2D eigenvalue weighted by molar-refractivity contribution is -0.136. The van der Waals surface area contributed by atoms with Crippen LogP contribution in [0.2, 0.25) is 0 Å². The Hall–Kier alpha value is -3.02. The van der Waals surface area contributed by atoms with Crippen LogP contribution in [0.15, 0.2) is 48.5 Å². The van der Waals surface area contributed by atoms with E-state index in [0.29, 0.717) is 22.6 Å². The molecule has 0 bridgehead atoms. The number of anilines is 3. The fraction of sp³-hybridized carbons (Fsp3) is 0.0667. The van der Waals surface area contributed by atoms with Crippen LogP contribution in [-0.2, 0) is 11.2 Å². The van der Waals surface area contributed by atoms with Crippen LogP contribution in [0, 0.1) is 0 Å². The van der Waals surface area contributed by atoms with Gasteiger partial charge in [-0.3, -0.25) is 4.79 Å². The number of benzene rings is 2. The summed E-state index contributed by atoms with van der Waals surface area (Å²) >= 11 is 0. The van der Waals surface area contributed by atoms with E-state index in [1.165, 1.54) is 0 Å². The molecule has 0 saturated carbocycles. The Morgan fingerprint density at radius 2 is 1.38 bits per heavy atom. The number of nitrogens with one attached hydrogen (secondary N) is 2. The van der Waals surface area contributed by atoms with E-state index in [0.717, 1.165) is 0 Å². The lowest BCUT2D eigenvalue weighted by Crippen LogP contribution is -2.19. The molecular weight excluding hydrogens is 270 g/mol. The van der Waals surface area contributed by atoms with E-state index >= 15 is 0 Å². The Labute approximate surface area is 121 Å². The first-order valence-corrected chi connectivity index (χ1v) is 6.27. The lowest BCUT2D eigenvalue weighted by Gasteiger charge is -2.08. The van der Waals surface area contributed by atoms with E-state index in [1.54, 1.807) is 48.5 Å². The van der Waals surface area contributed by atoms with Gasteiger partial charge in [0.05, 0.1) is 6.42 Å². The van der Waals surface area contributed by atoms with Crippen molar-refractivity contribution >= 4 is 29.1 Å². The second kappa shape index (κ2) is 6.42. The fourth-order valence-electron chi connectivity index (χ4n) is 1.74. The number of aliphatic carboxylic acids is 1. The Morgan fingerprint density at radius 3 is 1.86 bits per heavy atom. The quantitative estimate of drug-likeness (QED) is 0.648. The molecule has 2 rings (SSSR count). The van der Waals surface area contributed by atoms with Crippen LogP contribution in [0.1, 0.15) is 5.56 Å². The molecule has 108 valence electrons. The van der Waals surface area contributed by atoms with Gasteiger partial charge in [-0.05, 0) is 42.0 Å². The monoisotopic (exact) mass is 285 g/mol. The number of nitrogen functional groups attached to an aromatic ring is 1. The summed E-state index contributed by atoms with van der Waals surface area (Å²) in [6, 6.07) is 13.0. The highest BCUT2D eigenvalue weighted by molar-refractivity contribution is 5.99. The Balaban J connectivity index is 1.93. The van der Waals surface area contributed by atoms with Gasteiger partial charge in [-0.2, -0.15) is 0 Å². The Bertz CT molecular complexity index is 636. The number of rotatable bonds is 4. The summed E-state index contributed by atoms with van der Waals surface area (Å²) in [7, 11) is 0. The number of carboxylic acids is 1. The highest BCUT2D eigenvalue weighted by Gasteiger charge is 2.04. The van der Waals surface area contributed by atoms with Crippen molar-refractivity contribution in [2.45, 2.75) is 6.42 Å². The maximum Gasteiger partial charge on any atom is 0.323 e. The third-order valence-corrected chi connectivity index (χ3v) is 2.74. The molecule has 0 aliphatic rings. The van der Waals surface area contributed by atoms with E-state index in [2.05, 4.69) is 10.6 Å². The molecule has 0 aromatic heterocycles. The second-order valence-corrected chi connectivity index (χ2v) is 4.47. The zero-order valence-corrected chi connectivity index (χ0v) is 11.2. The summed E-state index contributed by atoms with van der Waals surface area (Å²) in [6.07, 6.45) is -0.0437. The van der Waals surface area contributed by atoms with Crippen molar-refractivity contribution < 1.29 is 14.7 Å².